The van der Waals surface area contributed by atoms with Gasteiger partial charge in [-0.3, -0.25) is 29.4 Å². The van der Waals surface area contributed by atoms with Crippen LogP contribution >= 0.6 is 23.1 Å². The second-order valence-corrected chi connectivity index (χ2v) is 13.5. The molecule has 0 bridgehead atoms. The average molecular weight is 638 g/mol. The van der Waals surface area contributed by atoms with Crippen LogP contribution in [0, 0.1) is 47.1 Å². The summed E-state index contributed by atoms with van der Waals surface area (Å²) >= 11 is 2.43. The van der Waals surface area contributed by atoms with Crippen LogP contribution in [0.3, 0.4) is 0 Å². The maximum atomic E-state index is 13.1. The lowest BCUT2D eigenvalue weighted by atomic mass is 9.81. The van der Waals surface area contributed by atoms with Gasteiger partial charge in [-0.1, -0.05) is 36.7 Å². The molecular weight excluding hydrogens is 611 g/mol. The van der Waals surface area contributed by atoms with E-state index in [1.165, 1.54) is 28.4 Å². The number of aryl methyl sites for hydroxylation is 2. The minimum Gasteiger partial charge on any atom is -0.321 e. The molecule has 0 unspecified atom stereocenters. The number of nitro benzene ring substituents is 1. The Bertz CT molecular complexity index is 1950. The second-order valence-electron chi connectivity index (χ2n) is 11.2. The molecule has 1 saturated carbocycles. The van der Waals surface area contributed by atoms with Crippen LogP contribution < -0.4 is 10.2 Å². The fourth-order valence-electron chi connectivity index (χ4n) is 5.77. The molecule has 1 N–H and O–H groups in total. The summed E-state index contributed by atoms with van der Waals surface area (Å²) in [6.07, 6.45) is 4.69. The number of nitriles is 1. The van der Waals surface area contributed by atoms with Crippen molar-refractivity contribution in [2.24, 2.45) is 11.8 Å². The van der Waals surface area contributed by atoms with Crippen LogP contribution in [0.5, 0.6) is 0 Å². The average Bonchev–Trinajstić information content (AvgIpc) is 3.54. The van der Waals surface area contributed by atoms with Crippen LogP contribution in [-0.4, -0.2) is 27.6 Å². The van der Waals surface area contributed by atoms with Gasteiger partial charge in [-0.25, -0.2) is 4.98 Å². The molecule has 3 amide bonds. The molecular formula is C33H27N5O5S2. The van der Waals surface area contributed by atoms with Gasteiger partial charge in [0.05, 0.1) is 37.6 Å². The monoisotopic (exact) mass is 637 g/mol. The van der Waals surface area contributed by atoms with Gasteiger partial charge in [0.25, 0.3) is 11.6 Å². The summed E-state index contributed by atoms with van der Waals surface area (Å²) in [7, 11) is 0. The molecule has 0 radical (unpaired) electrons. The number of imide groups is 1. The van der Waals surface area contributed by atoms with Crippen molar-refractivity contribution in [3.8, 4) is 6.07 Å². The standard InChI is InChI=1S/C33H27N5O5S2/c1-18-7-9-22(13-19(18)2)35-30(39)21(17-34)14-20-8-12-28(27(15-20)38(42)43)44-33-36-26-11-10-23(16-29(26)45-33)37-31(40)24-5-3-4-6-25(24)32(37)41/h7-16,24-25H,3-6H2,1-2H3,(H,35,39)/b21-14+/t24-,25-/m0/s1. The summed E-state index contributed by atoms with van der Waals surface area (Å²) in [5.41, 5.74) is 3.70. The van der Waals surface area contributed by atoms with Crippen molar-refractivity contribution in [1.29, 1.82) is 5.26 Å². The Kier molecular flexibility index (Phi) is 8.22. The number of nitro groups is 1. The Labute approximate surface area is 266 Å². The highest BCUT2D eigenvalue weighted by atomic mass is 32.2. The van der Waals surface area contributed by atoms with Crippen LogP contribution in [0.15, 0.2) is 69.4 Å². The number of hydrogen-bond acceptors (Lipinski definition) is 9. The Hall–Kier alpha value is -4.86. The van der Waals surface area contributed by atoms with Crippen molar-refractivity contribution in [3.05, 3.63) is 87.0 Å². The van der Waals surface area contributed by atoms with E-state index in [1.54, 1.807) is 42.5 Å². The zero-order chi connectivity index (χ0) is 31.8. The van der Waals surface area contributed by atoms with Crippen molar-refractivity contribution < 1.29 is 19.3 Å². The molecule has 1 aliphatic heterocycles. The van der Waals surface area contributed by atoms with Gasteiger partial charge in [-0.2, -0.15) is 5.26 Å². The van der Waals surface area contributed by atoms with Crippen LogP contribution in [0.1, 0.15) is 42.4 Å². The number of fused-ring (bicyclic) bond motifs is 2. The first kappa shape index (κ1) is 30.2. The number of hydrogen-bond donors (Lipinski definition) is 1. The maximum Gasteiger partial charge on any atom is 0.283 e. The number of amides is 3. The van der Waals surface area contributed by atoms with E-state index in [4.69, 9.17) is 0 Å². The van der Waals surface area contributed by atoms with Crippen molar-refractivity contribution >= 4 is 74.2 Å². The second kappa shape index (κ2) is 12.3. The quantitative estimate of drug-likeness (QED) is 0.0736. The third-order valence-corrected chi connectivity index (χ3v) is 10.4. The smallest absolute Gasteiger partial charge is 0.283 e. The Morgan fingerprint density at radius 2 is 1.80 bits per heavy atom. The summed E-state index contributed by atoms with van der Waals surface area (Å²) in [6.45, 7) is 3.87. The molecule has 12 heteroatoms. The molecule has 6 rings (SSSR count). The lowest BCUT2D eigenvalue weighted by molar-refractivity contribution is -0.387. The van der Waals surface area contributed by atoms with Crippen molar-refractivity contribution in [3.63, 3.8) is 0 Å². The van der Waals surface area contributed by atoms with Crippen LogP contribution in [0.2, 0.25) is 0 Å². The first-order chi connectivity index (χ1) is 21.6. The molecule has 2 fully saturated rings. The molecule has 2 heterocycles. The summed E-state index contributed by atoms with van der Waals surface area (Å²) in [6, 6.07) is 17.0. The number of nitrogens with zero attached hydrogens (tertiary/aromatic N) is 4. The zero-order valence-electron chi connectivity index (χ0n) is 24.4. The molecule has 10 nitrogen and oxygen atoms in total. The van der Waals surface area contributed by atoms with E-state index in [9.17, 15) is 29.8 Å². The molecule has 1 aliphatic carbocycles. The summed E-state index contributed by atoms with van der Waals surface area (Å²) in [5.74, 6) is -1.40. The zero-order valence-corrected chi connectivity index (χ0v) is 26.0. The summed E-state index contributed by atoms with van der Waals surface area (Å²) < 4.78 is 1.30. The van der Waals surface area contributed by atoms with E-state index < -0.39 is 10.8 Å². The number of carbonyl (C=O) groups is 3. The third-order valence-electron chi connectivity index (χ3n) is 8.27. The fraction of sp³-hybridized carbons (Fsp3) is 0.242. The van der Waals surface area contributed by atoms with Crippen molar-refractivity contribution in [2.45, 2.75) is 48.8 Å². The Morgan fingerprint density at radius 3 is 2.47 bits per heavy atom. The van der Waals surface area contributed by atoms with Crippen LogP contribution in [0.25, 0.3) is 16.3 Å². The number of aromatic nitrogens is 1. The molecule has 2 aliphatic rings. The summed E-state index contributed by atoms with van der Waals surface area (Å²) in [5, 5.41) is 24.4. The van der Waals surface area contributed by atoms with Crippen LogP contribution in [0.4, 0.5) is 17.1 Å². The predicted octanol–water partition coefficient (Wildman–Crippen LogP) is 7.20. The largest absolute Gasteiger partial charge is 0.321 e. The molecule has 1 aromatic heterocycles. The highest BCUT2D eigenvalue weighted by Crippen LogP contribution is 2.43. The van der Waals surface area contributed by atoms with Gasteiger partial charge < -0.3 is 5.32 Å². The molecule has 4 aromatic rings. The minimum atomic E-state index is -0.619. The maximum absolute atomic E-state index is 13.1. The number of benzene rings is 3. The Morgan fingerprint density at radius 1 is 1.07 bits per heavy atom. The van der Waals surface area contributed by atoms with Gasteiger partial charge in [0, 0.05) is 11.8 Å². The molecule has 3 aromatic carbocycles. The van der Waals surface area contributed by atoms with Gasteiger partial charge >= 0.3 is 0 Å². The van der Waals surface area contributed by atoms with E-state index in [1.807, 2.05) is 26.0 Å². The Balaban J connectivity index is 1.22. The van der Waals surface area contributed by atoms with Crippen molar-refractivity contribution in [2.75, 3.05) is 10.2 Å². The highest BCUT2D eigenvalue weighted by Gasteiger charge is 2.48. The summed E-state index contributed by atoms with van der Waals surface area (Å²) in [4.78, 5) is 56.7. The number of carbonyl (C=O) groups excluding carboxylic acids is 3. The first-order valence-corrected chi connectivity index (χ1v) is 16.0. The number of nitrogens with one attached hydrogen (secondary N) is 1. The number of thiazole rings is 1. The van der Waals surface area contributed by atoms with E-state index in [0.29, 0.717) is 31.7 Å². The topological polar surface area (TPSA) is 146 Å². The molecule has 1 saturated heterocycles. The van der Waals surface area contributed by atoms with E-state index >= 15 is 0 Å². The van der Waals surface area contributed by atoms with Crippen LogP contribution in [-0.2, 0) is 14.4 Å². The normalized spacial score (nSPS) is 18.2. The molecule has 226 valence electrons. The van der Waals surface area contributed by atoms with E-state index in [-0.39, 0.29) is 34.9 Å². The van der Waals surface area contributed by atoms with Gasteiger partial charge in [0.15, 0.2) is 4.34 Å². The molecule has 0 spiro atoms. The van der Waals surface area contributed by atoms with Crippen molar-refractivity contribution in [1.82, 2.24) is 4.98 Å². The minimum absolute atomic E-state index is 0.143. The third kappa shape index (κ3) is 5.96. The first-order valence-electron chi connectivity index (χ1n) is 14.4. The highest BCUT2D eigenvalue weighted by molar-refractivity contribution is 8.01. The van der Waals surface area contributed by atoms with Gasteiger partial charge in [0.2, 0.25) is 11.8 Å². The van der Waals surface area contributed by atoms with E-state index in [2.05, 4.69) is 10.3 Å². The number of rotatable bonds is 7. The molecule has 2 atom stereocenters. The predicted molar refractivity (Wildman–Crippen MR) is 173 cm³/mol. The lowest BCUT2D eigenvalue weighted by Crippen LogP contribution is -2.30. The van der Waals surface area contributed by atoms with E-state index in [0.717, 1.165) is 53.3 Å². The lowest BCUT2D eigenvalue weighted by Gasteiger charge is -2.19. The van der Waals surface area contributed by atoms with Gasteiger partial charge in [-0.15, -0.1) is 11.3 Å². The fourth-order valence-corrected chi connectivity index (χ4v) is 7.91. The molecule has 45 heavy (non-hydrogen) atoms. The van der Waals surface area contributed by atoms with Gasteiger partial charge in [0.1, 0.15) is 11.6 Å². The van der Waals surface area contributed by atoms with Gasteiger partial charge in [-0.05, 0) is 85.9 Å². The SMILES string of the molecule is Cc1ccc(NC(=O)/C(C#N)=C/c2ccc(Sc3nc4ccc(N5C(=O)[C@H]6CCCC[C@@H]6C5=O)cc4s3)c([N+](=O)[O-])c2)cc1C. The number of anilines is 2.